The molecule has 3 heterocycles. The van der Waals surface area contributed by atoms with Crippen molar-refractivity contribution in [1.29, 1.82) is 0 Å². The quantitative estimate of drug-likeness (QED) is 0.736. The van der Waals surface area contributed by atoms with E-state index in [1.54, 1.807) is 22.2 Å². The molecule has 7 heteroatoms. The van der Waals surface area contributed by atoms with Crippen LogP contribution in [0.15, 0.2) is 34.5 Å². The van der Waals surface area contributed by atoms with Crippen LogP contribution in [0.5, 0.6) is 0 Å². The fourth-order valence-corrected chi connectivity index (χ4v) is 2.95. The van der Waals surface area contributed by atoms with E-state index in [-0.39, 0.29) is 5.69 Å². The van der Waals surface area contributed by atoms with E-state index in [1.807, 2.05) is 12.1 Å². The number of halogens is 1. The zero-order valence-corrected chi connectivity index (χ0v) is 11.3. The Morgan fingerprint density at radius 2 is 2.33 bits per heavy atom. The van der Waals surface area contributed by atoms with Gasteiger partial charge in [-0.05, 0) is 28.1 Å². The van der Waals surface area contributed by atoms with Crippen LogP contribution in [-0.4, -0.2) is 25.4 Å². The van der Waals surface area contributed by atoms with E-state index >= 15 is 0 Å². The molecule has 5 nitrogen and oxygen atoms in total. The van der Waals surface area contributed by atoms with Gasteiger partial charge in [0.15, 0.2) is 4.96 Å². The van der Waals surface area contributed by atoms with Crippen LogP contribution in [0.4, 0.5) is 0 Å². The Kier molecular flexibility index (Phi) is 2.64. The summed E-state index contributed by atoms with van der Waals surface area (Å²) in [5.74, 6) is -0.963. The average Bonchev–Trinajstić information content (AvgIpc) is 2.88. The molecule has 0 fully saturated rings. The fourth-order valence-electron chi connectivity index (χ4n) is 1.64. The van der Waals surface area contributed by atoms with Crippen LogP contribution in [-0.2, 0) is 0 Å². The number of carboxylic acid groups (broad SMARTS) is 1. The van der Waals surface area contributed by atoms with Crippen LogP contribution >= 0.6 is 27.3 Å². The summed E-state index contributed by atoms with van der Waals surface area (Å²) in [5, 5.41) is 10.6. The highest BCUT2D eigenvalue weighted by Gasteiger charge is 2.15. The van der Waals surface area contributed by atoms with Gasteiger partial charge < -0.3 is 5.11 Å². The third-order valence-electron chi connectivity index (χ3n) is 2.46. The molecule has 0 saturated carbocycles. The normalized spacial score (nSPS) is 10.9. The smallest absolute Gasteiger partial charge is 0.353 e. The maximum atomic E-state index is 11.0. The number of carbonyl (C=O) groups is 1. The number of nitrogens with zero attached hydrogens (tertiary/aromatic N) is 3. The van der Waals surface area contributed by atoms with Crippen molar-refractivity contribution in [3.8, 4) is 11.3 Å². The molecule has 0 radical (unpaired) electrons. The number of aromatic carboxylic acids is 1. The molecule has 0 aromatic carbocycles. The highest BCUT2D eigenvalue weighted by Crippen LogP contribution is 2.27. The second-order valence-corrected chi connectivity index (χ2v) is 5.13. The number of pyridine rings is 1. The Hall–Kier alpha value is -1.73. The number of hydrogen-bond acceptors (Lipinski definition) is 4. The van der Waals surface area contributed by atoms with Crippen LogP contribution in [0, 0.1) is 0 Å². The molecule has 0 bridgehead atoms. The summed E-state index contributed by atoms with van der Waals surface area (Å²) in [6, 6.07) is 3.69. The molecule has 90 valence electrons. The highest BCUT2D eigenvalue weighted by atomic mass is 79.9. The molecule has 0 amide bonds. The molecule has 0 spiro atoms. The lowest BCUT2D eigenvalue weighted by Crippen LogP contribution is -1.99. The Balaban J connectivity index is 2.20. The van der Waals surface area contributed by atoms with E-state index < -0.39 is 5.97 Å². The van der Waals surface area contributed by atoms with Crippen molar-refractivity contribution < 1.29 is 9.90 Å². The maximum Gasteiger partial charge on any atom is 0.353 e. The summed E-state index contributed by atoms with van der Waals surface area (Å²) in [6.45, 7) is 0. The molecule has 18 heavy (non-hydrogen) atoms. The number of thiazole rings is 1. The summed E-state index contributed by atoms with van der Waals surface area (Å²) in [6.07, 6.45) is 3.38. The van der Waals surface area contributed by atoms with Crippen molar-refractivity contribution in [3.05, 3.63) is 40.2 Å². The van der Waals surface area contributed by atoms with Crippen molar-refractivity contribution in [3.63, 3.8) is 0 Å². The van der Waals surface area contributed by atoms with E-state index in [0.717, 1.165) is 5.56 Å². The third-order valence-corrected chi connectivity index (χ3v) is 3.94. The first kappa shape index (κ1) is 11.4. The van der Waals surface area contributed by atoms with Gasteiger partial charge >= 0.3 is 5.97 Å². The number of imidazole rings is 1. The number of carboxylic acids is 1. The lowest BCUT2D eigenvalue weighted by Gasteiger charge is -1.97. The van der Waals surface area contributed by atoms with Crippen molar-refractivity contribution in [1.82, 2.24) is 14.4 Å². The van der Waals surface area contributed by atoms with E-state index in [9.17, 15) is 4.79 Å². The average molecular weight is 324 g/mol. The predicted octanol–water partition coefficient (Wildman–Crippen LogP) is 2.92. The number of rotatable bonds is 2. The minimum absolute atomic E-state index is 0.216. The van der Waals surface area contributed by atoms with Crippen LogP contribution in [0.2, 0.25) is 0 Å². The van der Waals surface area contributed by atoms with Gasteiger partial charge in [-0.1, -0.05) is 0 Å². The van der Waals surface area contributed by atoms with Gasteiger partial charge in [0.25, 0.3) is 0 Å². The van der Waals surface area contributed by atoms with Crippen molar-refractivity contribution >= 4 is 38.2 Å². The van der Waals surface area contributed by atoms with Crippen LogP contribution in [0.25, 0.3) is 16.2 Å². The number of aromatic nitrogens is 3. The molecule has 1 N–H and O–H groups in total. The fraction of sp³-hybridized carbons (Fsp3) is 0. The zero-order chi connectivity index (χ0) is 12.7. The molecule has 0 saturated heterocycles. The lowest BCUT2D eigenvalue weighted by atomic mass is 10.2. The first-order valence-electron chi connectivity index (χ1n) is 4.97. The summed E-state index contributed by atoms with van der Waals surface area (Å²) < 4.78 is 2.26. The molecule has 0 unspecified atom stereocenters. The Morgan fingerprint density at radius 1 is 1.50 bits per heavy atom. The van der Waals surface area contributed by atoms with Gasteiger partial charge in [0.05, 0.1) is 5.69 Å². The molecule has 3 aromatic rings. The second kappa shape index (κ2) is 4.18. The molecule has 0 aliphatic rings. The Bertz CT molecular complexity index is 750. The minimum atomic E-state index is -0.963. The van der Waals surface area contributed by atoms with Crippen molar-refractivity contribution in [2.75, 3.05) is 0 Å². The molecular formula is C11H6BrN3O2S. The second-order valence-electron chi connectivity index (χ2n) is 3.55. The van der Waals surface area contributed by atoms with Gasteiger partial charge in [0.2, 0.25) is 0 Å². The predicted molar refractivity (Wildman–Crippen MR) is 71.0 cm³/mol. The van der Waals surface area contributed by atoms with E-state index in [2.05, 4.69) is 25.9 Å². The van der Waals surface area contributed by atoms with Crippen molar-refractivity contribution in [2.45, 2.75) is 0 Å². The van der Waals surface area contributed by atoms with Gasteiger partial charge in [-0.15, -0.1) is 11.3 Å². The summed E-state index contributed by atoms with van der Waals surface area (Å²) in [7, 11) is 0. The van der Waals surface area contributed by atoms with Crippen LogP contribution in [0.1, 0.15) is 10.5 Å². The van der Waals surface area contributed by atoms with Crippen molar-refractivity contribution in [2.24, 2.45) is 0 Å². The summed E-state index contributed by atoms with van der Waals surface area (Å²) >= 11 is 4.65. The van der Waals surface area contributed by atoms with Gasteiger partial charge in [0, 0.05) is 23.3 Å². The number of hydrogen-bond donors (Lipinski definition) is 1. The van der Waals surface area contributed by atoms with E-state index in [1.165, 1.54) is 11.3 Å². The Morgan fingerprint density at radius 3 is 3.06 bits per heavy atom. The SMILES string of the molecule is O=C(O)c1csc2nc(-c3cccnc3Br)cn12. The molecule has 0 aliphatic carbocycles. The summed E-state index contributed by atoms with van der Waals surface area (Å²) in [4.78, 5) is 20.2. The molecule has 0 aliphatic heterocycles. The monoisotopic (exact) mass is 323 g/mol. The molecular weight excluding hydrogens is 318 g/mol. The van der Waals surface area contributed by atoms with Crippen LogP contribution in [0.3, 0.4) is 0 Å². The number of fused-ring (bicyclic) bond motifs is 1. The van der Waals surface area contributed by atoms with Gasteiger partial charge in [0.1, 0.15) is 10.3 Å². The zero-order valence-electron chi connectivity index (χ0n) is 8.87. The molecule has 0 atom stereocenters. The van der Waals surface area contributed by atoms with Gasteiger partial charge in [-0.3, -0.25) is 4.40 Å². The van der Waals surface area contributed by atoms with Crippen LogP contribution < -0.4 is 0 Å². The first-order valence-corrected chi connectivity index (χ1v) is 6.65. The first-order chi connectivity index (χ1) is 8.66. The topological polar surface area (TPSA) is 67.5 Å². The summed E-state index contributed by atoms with van der Waals surface area (Å²) in [5.41, 5.74) is 1.75. The third kappa shape index (κ3) is 1.72. The molecule has 3 rings (SSSR count). The largest absolute Gasteiger partial charge is 0.477 e. The minimum Gasteiger partial charge on any atom is -0.477 e. The maximum absolute atomic E-state index is 11.0. The standard InChI is InChI=1S/C11H6BrN3O2S/c12-9-6(2-1-3-13-9)7-4-15-8(10(16)17)5-18-11(15)14-7/h1-5H,(H,16,17). The Labute approximate surface area is 114 Å². The highest BCUT2D eigenvalue weighted by molar-refractivity contribution is 9.10. The van der Waals surface area contributed by atoms with E-state index in [4.69, 9.17) is 5.11 Å². The van der Waals surface area contributed by atoms with Gasteiger partial charge in [-0.25, -0.2) is 14.8 Å². The molecule has 3 aromatic heterocycles. The van der Waals surface area contributed by atoms with E-state index in [0.29, 0.717) is 15.3 Å². The lowest BCUT2D eigenvalue weighted by molar-refractivity contribution is 0.0689. The van der Waals surface area contributed by atoms with Gasteiger partial charge in [-0.2, -0.15) is 0 Å².